The van der Waals surface area contributed by atoms with Gasteiger partial charge in [-0.15, -0.1) is 0 Å². The third-order valence-electron chi connectivity index (χ3n) is 5.07. The lowest BCUT2D eigenvalue weighted by Gasteiger charge is -2.35. The Morgan fingerprint density at radius 2 is 2.10 bits per heavy atom. The molecule has 6 nitrogen and oxygen atoms in total. The zero-order chi connectivity index (χ0) is 21.2. The molecule has 160 valence electrons. The van der Waals surface area contributed by atoms with Crippen LogP contribution in [0.2, 0.25) is 0 Å². The first-order chi connectivity index (χ1) is 13.9. The number of benzene rings is 1. The molecule has 2 N–H and O–H groups in total. The fourth-order valence-electron chi connectivity index (χ4n) is 3.56. The van der Waals surface area contributed by atoms with E-state index in [0.29, 0.717) is 31.5 Å². The van der Waals surface area contributed by atoms with Crippen molar-refractivity contribution in [3.05, 3.63) is 35.4 Å². The minimum Gasteiger partial charge on any atom is -0.352 e. The molecule has 0 spiro atoms. The van der Waals surface area contributed by atoms with Gasteiger partial charge < -0.3 is 15.5 Å². The van der Waals surface area contributed by atoms with Crippen molar-refractivity contribution in [2.75, 3.05) is 25.1 Å². The summed E-state index contributed by atoms with van der Waals surface area (Å²) in [5, 5.41) is 5.97. The third-order valence-corrected chi connectivity index (χ3v) is 5.71. The Kier molecular flexibility index (Phi) is 9.51. The number of thioether (sulfide) groups is 1. The van der Waals surface area contributed by atoms with Crippen LogP contribution < -0.4 is 10.6 Å². The number of hydrogen-bond acceptors (Lipinski definition) is 4. The van der Waals surface area contributed by atoms with Crippen molar-refractivity contribution >= 4 is 29.5 Å². The Balaban J connectivity index is 2.03. The fraction of sp³-hybridized carbons (Fsp3) is 0.591. The predicted molar refractivity (Wildman–Crippen MR) is 118 cm³/mol. The van der Waals surface area contributed by atoms with Gasteiger partial charge in [-0.2, -0.15) is 11.8 Å². The number of nitrogens with one attached hydrogen (secondary N) is 2. The van der Waals surface area contributed by atoms with Crippen LogP contribution in [0.15, 0.2) is 24.3 Å². The van der Waals surface area contributed by atoms with Crippen molar-refractivity contribution in [3.8, 4) is 0 Å². The average Bonchev–Trinajstić information content (AvgIpc) is 2.70. The number of amides is 3. The molecule has 0 aromatic heterocycles. The van der Waals surface area contributed by atoms with Crippen LogP contribution in [0.4, 0.5) is 0 Å². The van der Waals surface area contributed by atoms with E-state index in [1.54, 1.807) is 22.7 Å². The number of rotatable bonds is 9. The van der Waals surface area contributed by atoms with Gasteiger partial charge in [0.1, 0.15) is 6.04 Å². The van der Waals surface area contributed by atoms with E-state index in [1.807, 2.05) is 38.3 Å². The number of aryl methyl sites for hydroxylation is 1. The monoisotopic (exact) mass is 419 g/mol. The van der Waals surface area contributed by atoms with E-state index >= 15 is 0 Å². The molecule has 7 heteroatoms. The Morgan fingerprint density at radius 1 is 1.31 bits per heavy atom. The summed E-state index contributed by atoms with van der Waals surface area (Å²) in [4.78, 5) is 39.6. The molecule has 0 bridgehead atoms. The normalized spacial score (nSPS) is 17.5. The van der Waals surface area contributed by atoms with Gasteiger partial charge in [0, 0.05) is 31.1 Å². The summed E-state index contributed by atoms with van der Waals surface area (Å²) in [6, 6.07) is 6.80. The lowest BCUT2D eigenvalue weighted by atomic mass is 10.0. The van der Waals surface area contributed by atoms with E-state index in [2.05, 4.69) is 10.6 Å². The Morgan fingerprint density at radius 3 is 2.79 bits per heavy atom. The summed E-state index contributed by atoms with van der Waals surface area (Å²) in [6.45, 7) is 5.08. The van der Waals surface area contributed by atoms with Crippen molar-refractivity contribution in [2.24, 2.45) is 0 Å². The number of carbonyl (C=O) groups excluding carboxylic acids is 3. The molecule has 2 unspecified atom stereocenters. The van der Waals surface area contributed by atoms with Gasteiger partial charge in [-0.1, -0.05) is 24.6 Å². The molecule has 3 amide bonds. The highest BCUT2D eigenvalue weighted by molar-refractivity contribution is 7.98. The second kappa shape index (κ2) is 11.9. The number of likely N-dealkylation sites (tertiary alicyclic amines) is 1. The van der Waals surface area contributed by atoms with Crippen LogP contribution in [0.1, 0.15) is 54.9 Å². The number of carbonyl (C=O) groups is 3. The predicted octanol–water partition coefficient (Wildman–Crippen LogP) is 2.75. The van der Waals surface area contributed by atoms with Gasteiger partial charge in [0.15, 0.2) is 0 Å². The number of nitrogens with zero attached hydrogens (tertiary/aromatic N) is 1. The molecular formula is C22H33N3O3S. The van der Waals surface area contributed by atoms with Gasteiger partial charge in [0.05, 0.1) is 0 Å². The molecule has 0 saturated carbocycles. The van der Waals surface area contributed by atoms with Gasteiger partial charge in [0.25, 0.3) is 5.91 Å². The summed E-state index contributed by atoms with van der Waals surface area (Å²) in [5.41, 5.74) is 1.57. The van der Waals surface area contributed by atoms with E-state index in [-0.39, 0.29) is 23.8 Å². The number of piperidine rings is 1. The molecule has 1 aliphatic rings. The third kappa shape index (κ3) is 7.38. The zero-order valence-corrected chi connectivity index (χ0v) is 18.5. The first-order valence-corrected chi connectivity index (χ1v) is 11.8. The molecule has 1 aromatic carbocycles. The molecule has 0 radical (unpaired) electrons. The van der Waals surface area contributed by atoms with Crippen LogP contribution in [0.3, 0.4) is 0 Å². The Hall–Kier alpha value is -2.02. The van der Waals surface area contributed by atoms with Crippen LogP contribution in [-0.2, 0) is 9.59 Å². The molecule has 0 aliphatic carbocycles. The average molecular weight is 420 g/mol. The van der Waals surface area contributed by atoms with Gasteiger partial charge >= 0.3 is 0 Å². The fourth-order valence-corrected chi connectivity index (χ4v) is 4.03. The summed E-state index contributed by atoms with van der Waals surface area (Å²) < 4.78 is 0. The van der Waals surface area contributed by atoms with Crippen LogP contribution in [0.25, 0.3) is 0 Å². The summed E-state index contributed by atoms with van der Waals surface area (Å²) >= 11 is 1.65. The smallest absolute Gasteiger partial charge is 0.251 e. The molecule has 1 aromatic rings. The van der Waals surface area contributed by atoms with E-state index in [9.17, 15) is 14.4 Å². The SMILES string of the molecule is CCCC(=O)NC1CCCN(C(=O)C(CCSC)NC(=O)c2cccc(C)c2)C1. The molecule has 2 rings (SSSR count). The van der Waals surface area contributed by atoms with Crippen LogP contribution >= 0.6 is 11.8 Å². The molecule has 1 saturated heterocycles. The van der Waals surface area contributed by atoms with Crippen LogP contribution in [-0.4, -0.2) is 59.8 Å². The van der Waals surface area contributed by atoms with Gasteiger partial charge in [0.2, 0.25) is 11.8 Å². The first kappa shape index (κ1) is 23.3. The second-order valence-corrected chi connectivity index (χ2v) is 8.60. The van der Waals surface area contributed by atoms with Crippen LogP contribution in [0, 0.1) is 6.92 Å². The maximum absolute atomic E-state index is 13.2. The molecule has 2 atom stereocenters. The largest absolute Gasteiger partial charge is 0.352 e. The lowest BCUT2D eigenvalue weighted by molar-refractivity contribution is -0.135. The van der Waals surface area contributed by atoms with Crippen molar-refractivity contribution in [1.82, 2.24) is 15.5 Å². The van der Waals surface area contributed by atoms with Crippen molar-refractivity contribution in [3.63, 3.8) is 0 Å². The van der Waals surface area contributed by atoms with E-state index < -0.39 is 6.04 Å². The Labute approximate surface area is 178 Å². The molecule has 1 aliphatic heterocycles. The molecule has 1 fully saturated rings. The standard InChI is InChI=1S/C22H33N3O3S/c1-4-7-20(26)23-18-10-6-12-25(15-18)22(28)19(11-13-29-3)24-21(27)17-9-5-8-16(2)14-17/h5,8-9,14,18-19H,4,6-7,10-13,15H2,1-3H3,(H,23,26)(H,24,27). The highest BCUT2D eigenvalue weighted by Gasteiger charge is 2.30. The maximum atomic E-state index is 13.2. The lowest BCUT2D eigenvalue weighted by Crippen LogP contribution is -2.55. The van der Waals surface area contributed by atoms with Crippen LogP contribution in [0.5, 0.6) is 0 Å². The second-order valence-electron chi connectivity index (χ2n) is 7.62. The van der Waals surface area contributed by atoms with Crippen molar-refractivity contribution < 1.29 is 14.4 Å². The summed E-state index contributed by atoms with van der Waals surface area (Å²) in [6.07, 6.45) is 5.62. The van der Waals surface area contributed by atoms with Gasteiger partial charge in [-0.25, -0.2) is 0 Å². The first-order valence-electron chi connectivity index (χ1n) is 10.4. The highest BCUT2D eigenvalue weighted by atomic mass is 32.2. The minimum atomic E-state index is -0.555. The molecular weight excluding hydrogens is 386 g/mol. The quantitative estimate of drug-likeness (QED) is 0.645. The Bertz CT molecular complexity index is 710. The number of hydrogen-bond donors (Lipinski definition) is 2. The minimum absolute atomic E-state index is 0.0135. The van der Waals surface area contributed by atoms with Gasteiger partial charge in [-0.05, 0) is 56.7 Å². The van der Waals surface area contributed by atoms with E-state index in [4.69, 9.17) is 0 Å². The topological polar surface area (TPSA) is 78.5 Å². The summed E-state index contributed by atoms with van der Waals surface area (Å²) in [7, 11) is 0. The summed E-state index contributed by atoms with van der Waals surface area (Å²) in [5.74, 6) is 0.542. The van der Waals surface area contributed by atoms with Crippen molar-refractivity contribution in [1.29, 1.82) is 0 Å². The van der Waals surface area contributed by atoms with E-state index in [1.165, 1.54) is 0 Å². The van der Waals surface area contributed by atoms with Gasteiger partial charge in [-0.3, -0.25) is 14.4 Å². The zero-order valence-electron chi connectivity index (χ0n) is 17.7. The maximum Gasteiger partial charge on any atom is 0.251 e. The highest BCUT2D eigenvalue weighted by Crippen LogP contribution is 2.14. The molecule has 29 heavy (non-hydrogen) atoms. The van der Waals surface area contributed by atoms with Crippen molar-refractivity contribution in [2.45, 2.75) is 58.0 Å². The van der Waals surface area contributed by atoms with E-state index in [0.717, 1.165) is 30.6 Å². The molecule has 1 heterocycles.